The van der Waals surface area contributed by atoms with E-state index in [0.29, 0.717) is 10.6 Å². The zero-order chi connectivity index (χ0) is 14.6. The van der Waals surface area contributed by atoms with Crippen LogP contribution in [0.4, 0.5) is 0 Å². The summed E-state index contributed by atoms with van der Waals surface area (Å²) in [7, 11) is 0. The monoisotopic (exact) mass is 283 g/mol. The van der Waals surface area contributed by atoms with Gasteiger partial charge in [0.2, 0.25) is 0 Å². The molecule has 2 rings (SSSR count). The molecule has 0 aromatic heterocycles. The highest BCUT2D eigenvalue weighted by Gasteiger charge is 2.29. The molecule has 2 aromatic carbocycles. The number of nitrogens with one attached hydrogen (secondary N) is 1. The summed E-state index contributed by atoms with van der Waals surface area (Å²) in [5, 5.41) is 3.15. The first-order valence-corrected chi connectivity index (χ1v) is 6.89. The molecule has 0 unspecified atom stereocenters. The molecule has 102 valence electrons. The third kappa shape index (κ3) is 3.31. The van der Waals surface area contributed by atoms with Crippen LogP contribution < -0.4 is 5.32 Å². The van der Waals surface area contributed by atoms with Crippen molar-refractivity contribution < 1.29 is 4.79 Å². The van der Waals surface area contributed by atoms with Gasteiger partial charge in [-0.2, -0.15) is 0 Å². The molecule has 0 radical (unpaired) electrons. The molecule has 0 heterocycles. The molecule has 0 aliphatic carbocycles. The molecule has 0 saturated heterocycles. The maximum Gasteiger partial charge on any atom is 0.187 e. The Morgan fingerprint density at radius 3 is 1.85 bits per heavy atom. The lowest BCUT2D eigenvalue weighted by Crippen LogP contribution is -2.49. The van der Waals surface area contributed by atoms with Gasteiger partial charge < -0.3 is 5.32 Å². The highest BCUT2D eigenvalue weighted by Crippen LogP contribution is 2.14. The molecule has 2 nitrogen and oxygen atoms in total. The van der Waals surface area contributed by atoms with Crippen molar-refractivity contribution in [1.29, 1.82) is 0 Å². The normalized spacial score (nSPS) is 10.9. The van der Waals surface area contributed by atoms with Crippen LogP contribution in [0.3, 0.4) is 0 Å². The van der Waals surface area contributed by atoms with Gasteiger partial charge in [-0.1, -0.05) is 72.9 Å². The van der Waals surface area contributed by atoms with Gasteiger partial charge in [0.25, 0.3) is 0 Å². The second kappa shape index (κ2) is 5.97. The van der Waals surface area contributed by atoms with Crippen LogP contribution in [-0.2, 0) is 0 Å². The predicted octanol–water partition coefficient (Wildman–Crippen LogP) is 3.61. The van der Waals surface area contributed by atoms with E-state index >= 15 is 0 Å². The predicted molar refractivity (Wildman–Crippen MR) is 86.1 cm³/mol. The van der Waals surface area contributed by atoms with Gasteiger partial charge >= 0.3 is 0 Å². The van der Waals surface area contributed by atoms with E-state index in [1.54, 1.807) is 0 Å². The van der Waals surface area contributed by atoms with Crippen molar-refractivity contribution in [3.8, 4) is 0 Å². The van der Waals surface area contributed by atoms with E-state index in [1.807, 2.05) is 74.5 Å². The van der Waals surface area contributed by atoms with Gasteiger partial charge in [-0.25, -0.2) is 0 Å². The van der Waals surface area contributed by atoms with Crippen LogP contribution in [0, 0.1) is 0 Å². The van der Waals surface area contributed by atoms with Crippen molar-refractivity contribution in [1.82, 2.24) is 5.32 Å². The van der Waals surface area contributed by atoms with Crippen molar-refractivity contribution in [2.45, 2.75) is 19.4 Å². The molecule has 0 aliphatic rings. The zero-order valence-corrected chi connectivity index (χ0v) is 12.4. The van der Waals surface area contributed by atoms with Crippen LogP contribution in [-0.4, -0.2) is 16.3 Å². The maximum atomic E-state index is 12.5. The lowest BCUT2D eigenvalue weighted by atomic mass is 9.93. The van der Waals surface area contributed by atoms with Gasteiger partial charge in [-0.05, 0) is 13.8 Å². The Balaban J connectivity index is 2.15. The fourth-order valence-electron chi connectivity index (χ4n) is 1.95. The number of carbonyl (C=O) groups is 1. The number of rotatable bonds is 4. The number of ketones is 1. The minimum Gasteiger partial charge on any atom is -0.364 e. The van der Waals surface area contributed by atoms with E-state index in [9.17, 15) is 4.79 Å². The third-order valence-corrected chi connectivity index (χ3v) is 3.40. The molecule has 2 aromatic rings. The molecule has 0 fully saturated rings. The molecule has 0 amide bonds. The van der Waals surface area contributed by atoms with Crippen LogP contribution in [0.5, 0.6) is 0 Å². The zero-order valence-electron chi connectivity index (χ0n) is 11.6. The average molecular weight is 283 g/mol. The van der Waals surface area contributed by atoms with Crippen molar-refractivity contribution >= 4 is 23.0 Å². The lowest BCUT2D eigenvalue weighted by Gasteiger charge is -2.26. The highest BCUT2D eigenvalue weighted by molar-refractivity contribution is 7.80. The van der Waals surface area contributed by atoms with E-state index in [-0.39, 0.29) is 5.78 Å². The molecule has 1 N–H and O–H groups in total. The van der Waals surface area contributed by atoms with Crippen molar-refractivity contribution in [3.63, 3.8) is 0 Å². The molecule has 3 heteroatoms. The Bertz CT molecular complexity index is 605. The van der Waals surface area contributed by atoms with E-state index in [4.69, 9.17) is 12.2 Å². The fourth-order valence-corrected chi connectivity index (χ4v) is 2.34. The Morgan fingerprint density at radius 2 is 1.35 bits per heavy atom. The highest BCUT2D eigenvalue weighted by atomic mass is 32.1. The van der Waals surface area contributed by atoms with Gasteiger partial charge in [0.1, 0.15) is 4.99 Å². The number of carbonyl (C=O) groups excluding carboxylic acids is 1. The molecular formula is C17H17NOS. The SMILES string of the molecule is CC(C)(NC(=S)c1ccccc1)C(=O)c1ccccc1. The number of hydrogen-bond donors (Lipinski definition) is 1. The first-order valence-electron chi connectivity index (χ1n) is 6.48. The van der Waals surface area contributed by atoms with E-state index in [2.05, 4.69) is 5.32 Å². The molecule has 20 heavy (non-hydrogen) atoms. The summed E-state index contributed by atoms with van der Waals surface area (Å²) in [6, 6.07) is 18.9. The molecule has 0 aliphatic heterocycles. The number of hydrogen-bond acceptors (Lipinski definition) is 2. The van der Waals surface area contributed by atoms with Gasteiger partial charge in [0.15, 0.2) is 5.78 Å². The number of benzene rings is 2. The van der Waals surface area contributed by atoms with Crippen molar-refractivity contribution in [2.75, 3.05) is 0 Å². The van der Waals surface area contributed by atoms with Crippen LogP contribution in [0.15, 0.2) is 60.7 Å². The van der Waals surface area contributed by atoms with E-state index in [0.717, 1.165) is 5.56 Å². The van der Waals surface area contributed by atoms with Crippen LogP contribution >= 0.6 is 12.2 Å². The van der Waals surface area contributed by atoms with Crippen LogP contribution in [0.1, 0.15) is 29.8 Å². The summed E-state index contributed by atoms with van der Waals surface area (Å²) in [6.45, 7) is 3.69. The van der Waals surface area contributed by atoms with Gasteiger partial charge in [0, 0.05) is 11.1 Å². The average Bonchev–Trinajstić information content (AvgIpc) is 2.48. The fraction of sp³-hybridized carbons (Fsp3) is 0.176. The van der Waals surface area contributed by atoms with Gasteiger partial charge in [0.05, 0.1) is 5.54 Å². The first-order chi connectivity index (χ1) is 9.50. The second-order valence-electron chi connectivity index (χ2n) is 5.14. The summed E-state index contributed by atoms with van der Waals surface area (Å²) < 4.78 is 0. The van der Waals surface area contributed by atoms with Crippen LogP contribution in [0.2, 0.25) is 0 Å². The molecule has 0 saturated carbocycles. The Labute approximate surface area is 124 Å². The van der Waals surface area contributed by atoms with Gasteiger partial charge in [-0.3, -0.25) is 4.79 Å². The van der Waals surface area contributed by atoms with Crippen LogP contribution in [0.25, 0.3) is 0 Å². The van der Waals surface area contributed by atoms with E-state index < -0.39 is 5.54 Å². The summed E-state index contributed by atoms with van der Waals surface area (Å²) >= 11 is 5.37. The van der Waals surface area contributed by atoms with Crippen molar-refractivity contribution in [3.05, 3.63) is 71.8 Å². The summed E-state index contributed by atoms with van der Waals surface area (Å²) in [6.07, 6.45) is 0. The second-order valence-corrected chi connectivity index (χ2v) is 5.55. The molecule has 0 bridgehead atoms. The Hall–Kier alpha value is -2.00. The quantitative estimate of drug-likeness (QED) is 0.686. The largest absolute Gasteiger partial charge is 0.364 e. The molecule has 0 atom stereocenters. The summed E-state index contributed by atoms with van der Waals surface area (Å²) in [4.78, 5) is 13.1. The molecular weight excluding hydrogens is 266 g/mol. The number of thiocarbonyl (C=S) groups is 1. The summed E-state index contributed by atoms with van der Waals surface area (Å²) in [5.41, 5.74) is 0.853. The topological polar surface area (TPSA) is 29.1 Å². The maximum absolute atomic E-state index is 12.5. The van der Waals surface area contributed by atoms with E-state index in [1.165, 1.54) is 0 Å². The first kappa shape index (κ1) is 14.4. The Kier molecular flexibility index (Phi) is 4.30. The van der Waals surface area contributed by atoms with Crippen molar-refractivity contribution in [2.24, 2.45) is 0 Å². The van der Waals surface area contributed by atoms with Gasteiger partial charge in [-0.15, -0.1) is 0 Å². The minimum absolute atomic E-state index is 0.0244. The molecule has 0 spiro atoms. The third-order valence-electron chi connectivity index (χ3n) is 3.07. The smallest absolute Gasteiger partial charge is 0.187 e. The number of Topliss-reactive ketones (excluding diaryl/α,β-unsaturated/α-hetero) is 1. The standard InChI is InChI=1S/C17H17NOS/c1-17(2,15(19)13-9-5-3-6-10-13)18-16(20)14-11-7-4-8-12-14/h3-12H,1-2H3,(H,18,20). The summed E-state index contributed by atoms with van der Waals surface area (Å²) in [5.74, 6) is 0.0244. The Morgan fingerprint density at radius 1 is 0.900 bits per heavy atom. The minimum atomic E-state index is -0.742. The lowest BCUT2D eigenvalue weighted by molar-refractivity contribution is 0.0899.